The Morgan fingerprint density at radius 2 is 1.35 bits per heavy atom. The van der Waals surface area contributed by atoms with E-state index in [4.69, 9.17) is 0 Å². The third kappa shape index (κ3) is 3.08. The zero-order chi connectivity index (χ0) is 17.8. The van der Waals surface area contributed by atoms with Gasteiger partial charge in [-0.05, 0) is 30.3 Å². The molecule has 0 aliphatic heterocycles. The van der Waals surface area contributed by atoms with E-state index < -0.39 is 0 Å². The monoisotopic (exact) mass is 353 g/mol. The molecule has 124 valence electrons. The molecular formula is C22H15N3S. The van der Waals surface area contributed by atoms with Gasteiger partial charge in [-0.3, -0.25) is 0 Å². The van der Waals surface area contributed by atoms with Gasteiger partial charge in [-0.2, -0.15) is 5.26 Å². The molecule has 3 aromatic carbocycles. The Morgan fingerprint density at radius 3 is 1.96 bits per heavy atom. The third-order valence-corrected chi connectivity index (χ3v) is 5.04. The normalized spacial score (nSPS) is 10.3. The molecule has 0 saturated carbocycles. The van der Waals surface area contributed by atoms with Crippen molar-refractivity contribution in [2.24, 2.45) is 0 Å². The minimum Gasteiger partial charge on any atom is -0.301 e. The van der Waals surface area contributed by atoms with Crippen molar-refractivity contribution in [3.8, 4) is 16.6 Å². The standard InChI is InChI=1S/C22H15N3S/c23-15-17-9-7-8-14-20(17)22-24-16-21(26-22)25(18-10-3-1-4-11-18)19-12-5-2-6-13-19/h1-14,16H. The Bertz CT molecular complexity index is 1010. The van der Waals surface area contributed by atoms with Crippen LogP contribution in [0, 0.1) is 11.3 Å². The molecule has 0 aliphatic rings. The minimum atomic E-state index is 0.638. The SMILES string of the molecule is N#Cc1ccccc1-c1ncc(N(c2ccccc2)c2ccccc2)s1. The van der Waals surface area contributed by atoms with Gasteiger partial charge in [0.2, 0.25) is 0 Å². The second kappa shape index (κ2) is 7.22. The minimum absolute atomic E-state index is 0.638. The fourth-order valence-electron chi connectivity index (χ4n) is 2.82. The van der Waals surface area contributed by atoms with E-state index in [2.05, 4.69) is 40.2 Å². The lowest BCUT2D eigenvalue weighted by molar-refractivity contribution is 1.29. The van der Waals surface area contributed by atoms with Crippen molar-refractivity contribution >= 4 is 27.7 Å². The molecule has 0 radical (unpaired) electrons. The molecule has 0 saturated heterocycles. The predicted octanol–water partition coefficient (Wildman–Crippen LogP) is 6.15. The molecule has 1 heterocycles. The van der Waals surface area contributed by atoms with E-state index in [0.29, 0.717) is 5.56 Å². The van der Waals surface area contributed by atoms with Crippen LogP contribution in [0.1, 0.15) is 5.56 Å². The Hall–Kier alpha value is -3.42. The van der Waals surface area contributed by atoms with Gasteiger partial charge in [0, 0.05) is 16.9 Å². The Labute approximate surface area is 156 Å². The van der Waals surface area contributed by atoms with Crippen LogP contribution in [-0.2, 0) is 0 Å². The van der Waals surface area contributed by atoms with Crippen molar-refractivity contribution in [3.05, 3.63) is 96.7 Å². The van der Waals surface area contributed by atoms with Crippen molar-refractivity contribution < 1.29 is 0 Å². The smallest absolute Gasteiger partial charge is 0.126 e. The Morgan fingerprint density at radius 1 is 0.769 bits per heavy atom. The molecule has 0 bridgehead atoms. The molecule has 3 nitrogen and oxygen atoms in total. The van der Waals surface area contributed by atoms with E-state index in [1.54, 1.807) is 11.3 Å². The molecule has 0 amide bonds. The maximum atomic E-state index is 9.37. The number of thiazole rings is 1. The van der Waals surface area contributed by atoms with Crippen molar-refractivity contribution in [2.45, 2.75) is 0 Å². The van der Waals surface area contributed by atoms with Gasteiger partial charge in [0.25, 0.3) is 0 Å². The van der Waals surface area contributed by atoms with E-state index >= 15 is 0 Å². The second-order valence-electron chi connectivity index (χ2n) is 5.67. The molecule has 1 aromatic heterocycles. The summed E-state index contributed by atoms with van der Waals surface area (Å²) in [4.78, 5) is 6.77. The zero-order valence-corrected chi connectivity index (χ0v) is 14.7. The van der Waals surface area contributed by atoms with Gasteiger partial charge in [0.05, 0.1) is 17.8 Å². The third-order valence-electron chi connectivity index (χ3n) is 4.02. The fraction of sp³-hybridized carbons (Fsp3) is 0. The molecule has 0 aliphatic carbocycles. The highest BCUT2D eigenvalue weighted by Crippen LogP contribution is 2.40. The number of para-hydroxylation sites is 2. The number of rotatable bonds is 4. The lowest BCUT2D eigenvalue weighted by atomic mass is 10.1. The molecule has 0 fully saturated rings. The van der Waals surface area contributed by atoms with E-state index in [-0.39, 0.29) is 0 Å². The maximum Gasteiger partial charge on any atom is 0.126 e. The summed E-state index contributed by atoms with van der Waals surface area (Å²) >= 11 is 1.58. The average Bonchev–Trinajstić information content (AvgIpc) is 3.19. The molecule has 4 rings (SSSR count). The first-order chi connectivity index (χ1) is 12.9. The predicted molar refractivity (Wildman–Crippen MR) is 107 cm³/mol. The van der Waals surface area contributed by atoms with Crippen LogP contribution < -0.4 is 4.90 Å². The second-order valence-corrected chi connectivity index (χ2v) is 6.68. The highest BCUT2D eigenvalue weighted by Gasteiger charge is 2.16. The zero-order valence-electron chi connectivity index (χ0n) is 13.9. The Balaban J connectivity index is 1.81. The van der Waals surface area contributed by atoms with E-state index in [9.17, 15) is 5.26 Å². The number of aromatic nitrogens is 1. The summed E-state index contributed by atoms with van der Waals surface area (Å²) in [5.41, 5.74) is 3.65. The first-order valence-corrected chi connectivity index (χ1v) is 9.04. The van der Waals surface area contributed by atoms with Crippen LogP contribution in [0.5, 0.6) is 0 Å². The van der Waals surface area contributed by atoms with Gasteiger partial charge in [-0.15, -0.1) is 0 Å². The number of hydrogen-bond donors (Lipinski definition) is 0. The van der Waals surface area contributed by atoms with E-state index in [1.165, 1.54) is 0 Å². The summed E-state index contributed by atoms with van der Waals surface area (Å²) in [6.45, 7) is 0. The van der Waals surface area contributed by atoms with Crippen molar-refractivity contribution in [1.29, 1.82) is 5.26 Å². The molecule has 4 aromatic rings. The van der Waals surface area contributed by atoms with E-state index in [1.807, 2.05) is 66.9 Å². The highest BCUT2D eigenvalue weighted by molar-refractivity contribution is 7.19. The van der Waals surface area contributed by atoms with Gasteiger partial charge < -0.3 is 4.90 Å². The topological polar surface area (TPSA) is 39.9 Å². The van der Waals surface area contributed by atoms with E-state index in [0.717, 1.165) is 26.9 Å². The lowest BCUT2D eigenvalue weighted by Gasteiger charge is -2.22. The molecule has 0 atom stereocenters. The van der Waals surface area contributed by atoms with Gasteiger partial charge in [0.1, 0.15) is 10.0 Å². The molecular weight excluding hydrogens is 338 g/mol. The van der Waals surface area contributed by atoms with Crippen molar-refractivity contribution in [3.63, 3.8) is 0 Å². The number of hydrogen-bond acceptors (Lipinski definition) is 4. The summed E-state index contributed by atoms with van der Waals surface area (Å²) in [6, 6.07) is 30.3. The van der Waals surface area contributed by atoms with Crippen LogP contribution in [0.15, 0.2) is 91.1 Å². The number of nitrogens with zero attached hydrogens (tertiary/aromatic N) is 3. The van der Waals surface area contributed by atoms with Gasteiger partial charge in [-0.25, -0.2) is 4.98 Å². The highest BCUT2D eigenvalue weighted by atomic mass is 32.1. The molecule has 0 spiro atoms. The van der Waals surface area contributed by atoms with Crippen molar-refractivity contribution in [1.82, 2.24) is 4.98 Å². The summed E-state index contributed by atoms with van der Waals surface area (Å²) in [7, 11) is 0. The van der Waals surface area contributed by atoms with Gasteiger partial charge in [-0.1, -0.05) is 65.9 Å². The fourth-order valence-corrected chi connectivity index (χ4v) is 3.82. The van der Waals surface area contributed by atoms with Crippen molar-refractivity contribution in [2.75, 3.05) is 4.90 Å². The van der Waals surface area contributed by atoms with Crippen LogP contribution in [-0.4, -0.2) is 4.98 Å². The summed E-state index contributed by atoms with van der Waals surface area (Å²) < 4.78 is 0. The van der Waals surface area contributed by atoms with Crippen LogP contribution >= 0.6 is 11.3 Å². The summed E-state index contributed by atoms with van der Waals surface area (Å²) in [5.74, 6) is 0. The quantitative estimate of drug-likeness (QED) is 0.441. The first-order valence-electron chi connectivity index (χ1n) is 8.22. The van der Waals surface area contributed by atoms with Crippen LogP contribution in [0.4, 0.5) is 16.4 Å². The largest absolute Gasteiger partial charge is 0.301 e. The summed E-state index contributed by atoms with van der Waals surface area (Å²) in [6.07, 6.45) is 1.87. The first kappa shape index (κ1) is 16.1. The average molecular weight is 353 g/mol. The van der Waals surface area contributed by atoms with Gasteiger partial charge >= 0.3 is 0 Å². The molecule has 26 heavy (non-hydrogen) atoms. The molecule has 0 N–H and O–H groups in total. The van der Waals surface area contributed by atoms with Crippen LogP contribution in [0.2, 0.25) is 0 Å². The number of benzene rings is 3. The summed E-state index contributed by atoms with van der Waals surface area (Å²) in [5, 5.41) is 11.2. The van der Waals surface area contributed by atoms with Gasteiger partial charge in [0.15, 0.2) is 0 Å². The number of nitriles is 1. The van der Waals surface area contributed by atoms with Crippen LogP contribution in [0.3, 0.4) is 0 Å². The van der Waals surface area contributed by atoms with Crippen LogP contribution in [0.25, 0.3) is 10.6 Å². The lowest BCUT2D eigenvalue weighted by Crippen LogP contribution is -2.07. The number of anilines is 3. The maximum absolute atomic E-state index is 9.37. The molecule has 0 unspecified atom stereocenters. The Kier molecular flexibility index (Phi) is 4.46. The molecule has 4 heteroatoms.